The standard InChI is InChI=1S/C20H32N4O3/c1-22-19(24-15-20(9-3-10-20)11-13-26-2)23-12-8-16-4-6-17(7-5-16)27-14-18(21)25/h4-7H,3,8-15H2,1-2H3,(H2,21,25)(H2,22,23,24). The van der Waals surface area contributed by atoms with Gasteiger partial charge in [0.25, 0.3) is 5.91 Å². The lowest BCUT2D eigenvalue weighted by molar-refractivity contribution is -0.119. The number of methoxy groups -OCH3 is 1. The van der Waals surface area contributed by atoms with E-state index in [0.29, 0.717) is 11.2 Å². The van der Waals surface area contributed by atoms with E-state index in [9.17, 15) is 4.79 Å². The van der Waals surface area contributed by atoms with Crippen molar-refractivity contribution in [3.8, 4) is 5.75 Å². The molecule has 1 saturated carbocycles. The van der Waals surface area contributed by atoms with Crippen LogP contribution in [0.3, 0.4) is 0 Å². The van der Waals surface area contributed by atoms with E-state index in [-0.39, 0.29) is 6.61 Å². The van der Waals surface area contributed by atoms with Gasteiger partial charge in [-0.05, 0) is 48.8 Å². The van der Waals surface area contributed by atoms with Crippen LogP contribution in [-0.4, -0.2) is 52.3 Å². The number of amides is 1. The molecule has 7 heteroatoms. The number of carbonyl (C=O) groups is 1. The third-order valence-corrected chi connectivity index (χ3v) is 5.12. The van der Waals surface area contributed by atoms with E-state index in [2.05, 4.69) is 15.6 Å². The molecule has 150 valence electrons. The predicted molar refractivity (Wildman–Crippen MR) is 107 cm³/mol. The summed E-state index contributed by atoms with van der Waals surface area (Å²) < 4.78 is 10.5. The lowest BCUT2D eigenvalue weighted by atomic mass is 9.67. The van der Waals surface area contributed by atoms with Crippen molar-refractivity contribution in [2.24, 2.45) is 16.1 Å². The summed E-state index contributed by atoms with van der Waals surface area (Å²) in [6.45, 7) is 2.43. The van der Waals surface area contributed by atoms with Crippen LogP contribution in [0, 0.1) is 5.41 Å². The van der Waals surface area contributed by atoms with E-state index in [4.69, 9.17) is 15.2 Å². The summed E-state index contributed by atoms with van der Waals surface area (Å²) in [6.07, 6.45) is 5.77. The molecule has 1 fully saturated rings. The van der Waals surface area contributed by atoms with Crippen molar-refractivity contribution in [1.82, 2.24) is 10.6 Å². The maximum absolute atomic E-state index is 10.7. The van der Waals surface area contributed by atoms with E-state index in [1.165, 1.54) is 24.8 Å². The number of hydrogen-bond acceptors (Lipinski definition) is 4. The van der Waals surface area contributed by atoms with Gasteiger partial charge in [-0.1, -0.05) is 18.6 Å². The van der Waals surface area contributed by atoms with Crippen LogP contribution in [-0.2, 0) is 16.0 Å². The van der Waals surface area contributed by atoms with Crippen molar-refractivity contribution in [1.29, 1.82) is 0 Å². The molecule has 0 spiro atoms. The largest absolute Gasteiger partial charge is 0.484 e. The molecule has 0 atom stereocenters. The van der Waals surface area contributed by atoms with Gasteiger partial charge in [0.05, 0.1) is 0 Å². The second kappa shape index (κ2) is 10.8. The molecule has 0 bridgehead atoms. The van der Waals surface area contributed by atoms with Gasteiger partial charge >= 0.3 is 0 Å². The minimum Gasteiger partial charge on any atom is -0.484 e. The number of rotatable bonds is 11. The number of hydrogen-bond donors (Lipinski definition) is 3. The number of carbonyl (C=O) groups excluding carboxylic acids is 1. The molecule has 1 aromatic carbocycles. The summed E-state index contributed by atoms with van der Waals surface area (Å²) in [5.74, 6) is 0.998. The van der Waals surface area contributed by atoms with Crippen LogP contribution in [0.5, 0.6) is 5.75 Å². The van der Waals surface area contributed by atoms with Gasteiger partial charge in [-0.3, -0.25) is 9.79 Å². The number of guanidine groups is 1. The topological polar surface area (TPSA) is 98.0 Å². The Morgan fingerprint density at radius 2 is 2.00 bits per heavy atom. The molecule has 0 heterocycles. The maximum Gasteiger partial charge on any atom is 0.255 e. The summed E-state index contributed by atoms with van der Waals surface area (Å²) in [7, 11) is 3.56. The SMILES string of the molecule is CN=C(NCCc1ccc(OCC(N)=O)cc1)NCC1(CCOC)CCC1. The van der Waals surface area contributed by atoms with Crippen LogP contribution in [0.2, 0.25) is 0 Å². The molecule has 0 aliphatic heterocycles. The molecule has 1 aliphatic rings. The summed E-state index contributed by atoms with van der Waals surface area (Å²) in [4.78, 5) is 15.0. The van der Waals surface area contributed by atoms with Crippen LogP contribution in [0.4, 0.5) is 0 Å². The second-order valence-electron chi connectivity index (χ2n) is 7.10. The van der Waals surface area contributed by atoms with Crippen LogP contribution < -0.4 is 21.1 Å². The third-order valence-electron chi connectivity index (χ3n) is 5.12. The van der Waals surface area contributed by atoms with Crippen molar-refractivity contribution in [2.45, 2.75) is 32.1 Å². The zero-order valence-corrected chi connectivity index (χ0v) is 16.4. The van der Waals surface area contributed by atoms with Gasteiger partial charge in [-0.15, -0.1) is 0 Å². The highest BCUT2D eigenvalue weighted by molar-refractivity contribution is 5.79. The van der Waals surface area contributed by atoms with Crippen molar-refractivity contribution < 1.29 is 14.3 Å². The molecule has 7 nitrogen and oxygen atoms in total. The number of aliphatic imine (C=N–C) groups is 1. The average Bonchev–Trinajstić information content (AvgIpc) is 2.64. The first kappa shape index (κ1) is 21.0. The first-order valence-corrected chi connectivity index (χ1v) is 9.50. The molecular formula is C20H32N4O3. The van der Waals surface area contributed by atoms with Crippen molar-refractivity contribution in [2.75, 3.05) is 40.5 Å². The fourth-order valence-corrected chi connectivity index (χ4v) is 3.23. The highest BCUT2D eigenvalue weighted by Gasteiger charge is 2.36. The Morgan fingerprint density at radius 1 is 1.26 bits per heavy atom. The lowest BCUT2D eigenvalue weighted by Crippen LogP contribution is -2.47. The molecule has 4 N–H and O–H groups in total. The van der Waals surface area contributed by atoms with Crippen molar-refractivity contribution in [3.05, 3.63) is 29.8 Å². The minimum absolute atomic E-state index is 0.102. The molecule has 0 unspecified atom stereocenters. The van der Waals surface area contributed by atoms with Gasteiger partial charge < -0.3 is 25.8 Å². The van der Waals surface area contributed by atoms with Crippen LogP contribution in [0.1, 0.15) is 31.2 Å². The van der Waals surface area contributed by atoms with E-state index in [1.54, 1.807) is 14.2 Å². The Labute approximate surface area is 161 Å². The molecule has 27 heavy (non-hydrogen) atoms. The molecule has 1 aromatic rings. The highest BCUT2D eigenvalue weighted by Crippen LogP contribution is 2.43. The lowest BCUT2D eigenvalue weighted by Gasteiger charge is -2.42. The summed E-state index contributed by atoms with van der Waals surface area (Å²) in [6, 6.07) is 7.67. The fraction of sp³-hybridized carbons (Fsp3) is 0.600. The van der Waals surface area contributed by atoms with E-state index < -0.39 is 5.91 Å². The van der Waals surface area contributed by atoms with Crippen LogP contribution in [0.15, 0.2) is 29.3 Å². The number of nitrogens with zero attached hydrogens (tertiary/aromatic N) is 1. The Balaban J connectivity index is 1.70. The van der Waals surface area contributed by atoms with E-state index in [0.717, 1.165) is 38.5 Å². The number of ether oxygens (including phenoxy) is 2. The molecule has 1 amide bonds. The molecule has 0 aromatic heterocycles. The monoisotopic (exact) mass is 376 g/mol. The summed E-state index contributed by atoms with van der Waals surface area (Å²) in [5, 5.41) is 6.83. The number of primary amides is 1. The Hall–Kier alpha value is -2.28. The normalized spacial score (nSPS) is 15.7. The van der Waals surface area contributed by atoms with Crippen LogP contribution >= 0.6 is 0 Å². The summed E-state index contributed by atoms with van der Waals surface area (Å²) in [5.41, 5.74) is 6.61. The van der Waals surface area contributed by atoms with Gasteiger partial charge in [0.2, 0.25) is 0 Å². The minimum atomic E-state index is -0.479. The molecule has 2 rings (SSSR count). The smallest absolute Gasteiger partial charge is 0.255 e. The third kappa shape index (κ3) is 7.09. The maximum atomic E-state index is 10.7. The number of nitrogens with two attached hydrogens (primary N) is 1. The van der Waals surface area contributed by atoms with Gasteiger partial charge in [0, 0.05) is 33.9 Å². The second-order valence-corrected chi connectivity index (χ2v) is 7.10. The number of nitrogens with one attached hydrogen (secondary N) is 2. The Morgan fingerprint density at radius 3 is 2.56 bits per heavy atom. The predicted octanol–water partition coefficient (Wildman–Crippen LogP) is 1.47. The van der Waals surface area contributed by atoms with Crippen molar-refractivity contribution >= 4 is 11.9 Å². The Bertz CT molecular complexity index is 612. The molecule has 0 radical (unpaired) electrons. The van der Waals surface area contributed by atoms with Gasteiger partial charge in [0.15, 0.2) is 12.6 Å². The van der Waals surface area contributed by atoms with Crippen molar-refractivity contribution in [3.63, 3.8) is 0 Å². The van der Waals surface area contributed by atoms with Gasteiger partial charge in [-0.2, -0.15) is 0 Å². The first-order valence-electron chi connectivity index (χ1n) is 9.50. The van der Waals surface area contributed by atoms with Gasteiger partial charge in [0.1, 0.15) is 5.75 Å². The van der Waals surface area contributed by atoms with E-state index >= 15 is 0 Å². The molecule has 0 saturated heterocycles. The number of benzene rings is 1. The summed E-state index contributed by atoms with van der Waals surface area (Å²) >= 11 is 0. The Kier molecular flexibility index (Phi) is 8.39. The average molecular weight is 377 g/mol. The molecular weight excluding hydrogens is 344 g/mol. The highest BCUT2D eigenvalue weighted by atomic mass is 16.5. The van der Waals surface area contributed by atoms with Gasteiger partial charge in [-0.25, -0.2) is 0 Å². The zero-order chi connectivity index (χ0) is 19.5. The fourth-order valence-electron chi connectivity index (χ4n) is 3.23. The quantitative estimate of drug-likeness (QED) is 0.401. The zero-order valence-electron chi connectivity index (χ0n) is 16.4. The molecule has 1 aliphatic carbocycles. The first-order chi connectivity index (χ1) is 13.1. The van der Waals surface area contributed by atoms with Crippen LogP contribution in [0.25, 0.3) is 0 Å². The van der Waals surface area contributed by atoms with E-state index in [1.807, 2.05) is 24.3 Å².